The number of aromatic nitrogens is 3. The average Bonchev–Trinajstić information content (AvgIpc) is 2.87. The number of aryl methyl sites for hydroxylation is 2. The summed E-state index contributed by atoms with van der Waals surface area (Å²) in [6.07, 6.45) is 6.81. The molecule has 1 aromatic rings. The summed E-state index contributed by atoms with van der Waals surface area (Å²) in [6, 6.07) is 1.11. The van der Waals surface area contributed by atoms with Crippen molar-refractivity contribution in [3.8, 4) is 0 Å². The Morgan fingerprint density at radius 3 is 2.61 bits per heavy atom. The van der Waals surface area contributed by atoms with E-state index in [1.165, 1.54) is 25.1 Å². The summed E-state index contributed by atoms with van der Waals surface area (Å²) in [7, 11) is 0. The van der Waals surface area contributed by atoms with E-state index in [0.717, 1.165) is 63.8 Å². The molecule has 1 aliphatic heterocycles. The SMILES string of the molecule is CCNC(=NCCCc1nnc2n1CCCCC2)NCCN(C(C)C)C(C)C. The average molecular weight is 392 g/mol. The van der Waals surface area contributed by atoms with Crippen LogP contribution in [0.1, 0.15) is 72.0 Å². The van der Waals surface area contributed by atoms with E-state index >= 15 is 0 Å². The minimum Gasteiger partial charge on any atom is -0.357 e. The third-order valence-electron chi connectivity index (χ3n) is 5.35. The second-order valence-electron chi connectivity index (χ2n) is 8.21. The molecule has 0 aromatic carbocycles. The lowest BCUT2D eigenvalue weighted by atomic mass is 10.2. The van der Waals surface area contributed by atoms with Crippen LogP contribution in [0.15, 0.2) is 4.99 Å². The van der Waals surface area contributed by atoms with Gasteiger partial charge in [0.1, 0.15) is 11.6 Å². The van der Waals surface area contributed by atoms with Crippen molar-refractivity contribution < 1.29 is 0 Å². The fraction of sp³-hybridized carbons (Fsp3) is 0.857. The van der Waals surface area contributed by atoms with E-state index in [2.05, 4.69) is 64.9 Å². The van der Waals surface area contributed by atoms with Crippen LogP contribution in [0.3, 0.4) is 0 Å². The third kappa shape index (κ3) is 7.08. The van der Waals surface area contributed by atoms with E-state index < -0.39 is 0 Å². The van der Waals surface area contributed by atoms with E-state index in [0.29, 0.717) is 12.1 Å². The highest BCUT2D eigenvalue weighted by atomic mass is 15.3. The molecule has 7 nitrogen and oxygen atoms in total. The van der Waals surface area contributed by atoms with Crippen LogP contribution in [0.5, 0.6) is 0 Å². The Hall–Kier alpha value is -1.63. The second kappa shape index (κ2) is 12.0. The zero-order valence-electron chi connectivity index (χ0n) is 18.7. The van der Waals surface area contributed by atoms with Crippen molar-refractivity contribution >= 4 is 5.96 Å². The summed E-state index contributed by atoms with van der Waals surface area (Å²) >= 11 is 0. The van der Waals surface area contributed by atoms with Crippen molar-refractivity contribution in [2.24, 2.45) is 4.99 Å². The van der Waals surface area contributed by atoms with Gasteiger partial charge in [0.05, 0.1) is 0 Å². The molecule has 0 aliphatic carbocycles. The minimum absolute atomic E-state index is 0.555. The first kappa shape index (κ1) is 22.7. The number of guanidine groups is 1. The number of rotatable bonds is 10. The number of nitrogens with zero attached hydrogens (tertiary/aromatic N) is 5. The first-order valence-corrected chi connectivity index (χ1v) is 11.2. The van der Waals surface area contributed by atoms with Gasteiger partial charge in [-0.05, 0) is 53.9 Å². The molecule has 2 rings (SSSR count). The summed E-state index contributed by atoms with van der Waals surface area (Å²) in [5.41, 5.74) is 0. The molecule has 0 bridgehead atoms. The molecule has 0 saturated carbocycles. The van der Waals surface area contributed by atoms with Gasteiger partial charge in [-0.15, -0.1) is 10.2 Å². The maximum absolute atomic E-state index is 4.75. The molecule has 2 heterocycles. The molecule has 28 heavy (non-hydrogen) atoms. The standard InChI is InChI=1S/C21H41N7/c1-6-22-21(24-14-16-27(17(2)3)18(4)5)23-13-10-12-20-26-25-19-11-8-7-9-15-28(19)20/h17-18H,6-16H2,1-5H3,(H2,22,23,24). The molecule has 0 saturated heterocycles. The van der Waals surface area contributed by atoms with Gasteiger partial charge < -0.3 is 15.2 Å². The molecule has 7 heteroatoms. The lowest BCUT2D eigenvalue weighted by molar-refractivity contribution is 0.178. The lowest BCUT2D eigenvalue weighted by Gasteiger charge is -2.30. The van der Waals surface area contributed by atoms with Crippen molar-refractivity contribution in [1.82, 2.24) is 30.3 Å². The molecule has 0 fully saturated rings. The van der Waals surface area contributed by atoms with Crippen molar-refractivity contribution in [2.45, 2.75) is 91.8 Å². The maximum Gasteiger partial charge on any atom is 0.191 e. The highest BCUT2D eigenvalue weighted by molar-refractivity contribution is 5.79. The van der Waals surface area contributed by atoms with E-state index in [9.17, 15) is 0 Å². The topological polar surface area (TPSA) is 70.4 Å². The molecular weight excluding hydrogens is 350 g/mol. The van der Waals surface area contributed by atoms with Gasteiger partial charge in [-0.25, -0.2) is 0 Å². The largest absolute Gasteiger partial charge is 0.357 e. The fourth-order valence-corrected chi connectivity index (χ4v) is 3.92. The molecule has 160 valence electrons. The summed E-state index contributed by atoms with van der Waals surface area (Å²) in [5.74, 6) is 3.22. The summed E-state index contributed by atoms with van der Waals surface area (Å²) < 4.78 is 2.34. The van der Waals surface area contributed by atoms with Gasteiger partial charge in [-0.1, -0.05) is 6.42 Å². The minimum atomic E-state index is 0.555. The van der Waals surface area contributed by atoms with Gasteiger partial charge >= 0.3 is 0 Å². The highest BCUT2D eigenvalue weighted by Gasteiger charge is 2.14. The number of aliphatic imine (C=N–C) groups is 1. The van der Waals surface area contributed by atoms with Crippen LogP contribution in [-0.2, 0) is 19.4 Å². The zero-order chi connectivity index (χ0) is 20.4. The monoisotopic (exact) mass is 391 g/mol. The second-order valence-corrected chi connectivity index (χ2v) is 8.21. The van der Waals surface area contributed by atoms with Crippen LogP contribution >= 0.6 is 0 Å². The molecule has 0 amide bonds. The Morgan fingerprint density at radius 1 is 1.11 bits per heavy atom. The molecule has 0 unspecified atom stereocenters. The normalized spacial score (nSPS) is 15.2. The Labute approximate surface area is 171 Å². The summed E-state index contributed by atoms with van der Waals surface area (Å²) in [6.45, 7) is 15.8. The van der Waals surface area contributed by atoms with Crippen molar-refractivity contribution in [3.05, 3.63) is 11.6 Å². The van der Waals surface area contributed by atoms with Crippen LogP contribution in [-0.4, -0.2) is 63.9 Å². The van der Waals surface area contributed by atoms with Gasteiger partial charge in [-0.3, -0.25) is 9.89 Å². The maximum atomic E-state index is 4.75. The Balaban J connectivity index is 1.78. The Bertz CT molecular complexity index is 584. The Kier molecular flexibility index (Phi) is 9.75. The van der Waals surface area contributed by atoms with E-state index in [1.807, 2.05) is 0 Å². The molecule has 0 atom stereocenters. The van der Waals surface area contributed by atoms with Crippen molar-refractivity contribution in [2.75, 3.05) is 26.2 Å². The smallest absolute Gasteiger partial charge is 0.191 e. The van der Waals surface area contributed by atoms with Crippen molar-refractivity contribution in [3.63, 3.8) is 0 Å². The van der Waals surface area contributed by atoms with Gasteiger partial charge in [0, 0.05) is 57.6 Å². The predicted molar refractivity (Wildman–Crippen MR) is 117 cm³/mol. The quantitative estimate of drug-likeness (QED) is 0.364. The summed E-state index contributed by atoms with van der Waals surface area (Å²) in [4.78, 5) is 7.24. The van der Waals surface area contributed by atoms with Gasteiger partial charge in [0.15, 0.2) is 5.96 Å². The van der Waals surface area contributed by atoms with E-state index in [4.69, 9.17) is 4.99 Å². The third-order valence-corrected chi connectivity index (χ3v) is 5.35. The lowest BCUT2D eigenvalue weighted by Crippen LogP contribution is -2.45. The number of hydrogen-bond donors (Lipinski definition) is 2. The van der Waals surface area contributed by atoms with E-state index in [1.54, 1.807) is 0 Å². The van der Waals surface area contributed by atoms with E-state index in [-0.39, 0.29) is 0 Å². The number of hydrogen-bond acceptors (Lipinski definition) is 4. The summed E-state index contributed by atoms with van der Waals surface area (Å²) in [5, 5.41) is 15.6. The van der Waals surface area contributed by atoms with Crippen molar-refractivity contribution in [1.29, 1.82) is 0 Å². The van der Waals surface area contributed by atoms with Gasteiger partial charge in [0.25, 0.3) is 0 Å². The molecule has 2 N–H and O–H groups in total. The first-order chi connectivity index (χ1) is 13.5. The zero-order valence-corrected chi connectivity index (χ0v) is 18.7. The number of nitrogens with one attached hydrogen (secondary N) is 2. The molecule has 1 aromatic heterocycles. The van der Waals surface area contributed by atoms with Gasteiger partial charge in [-0.2, -0.15) is 0 Å². The fourth-order valence-electron chi connectivity index (χ4n) is 3.92. The van der Waals surface area contributed by atoms with Gasteiger partial charge in [0.2, 0.25) is 0 Å². The van der Waals surface area contributed by atoms with Crippen LogP contribution in [0.25, 0.3) is 0 Å². The molecular formula is C21H41N7. The number of fused-ring (bicyclic) bond motifs is 1. The Morgan fingerprint density at radius 2 is 1.89 bits per heavy atom. The molecule has 1 aliphatic rings. The van der Waals surface area contributed by atoms with Crippen LogP contribution in [0, 0.1) is 0 Å². The van der Waals surface area contributed by atoms with Crippen LogP contribution in [0.4, 0.5) is 0 Å². The first-order valence-electron chi connectivity index (χ1n) is 11.2. The highest BCUT2D eigenvalue weighted by Crippen LogP contribution is 2.15. The van der Waals surface area contributed by atoms with Crippen LogP contribution < -0.4 is 10.6 Å². The molecule has 0 spiro atoms. The van der Waals surface area contributed by atoms with Crippen LogP contribution in [0.2, 0.25) is 0 Å². The predicted octanol–water partition coefficient (Wildman–Crippen LogP) is 2.61. The molecule has 0 radical (unpaired) electrons.